The lowest BCUT2D eigenvalue weighted by Gasteiger charge is -2.20. The standard InChI is InChI=1S/C30H29N3O3.2ClH/c1-36-30(35)23(33-29(34)22(32)4-2-3-13-31)15-20-14-19-10-9-17-6-5-16-7-8-18-11-12-21(20)28-26(18)24(16)25(17)27(19)28;;/h5-12,14,22-23H,2-4,13,15,31-32H2,1H3,(H,33,34);2*1H/t22-,23+;;/m1../s1. The van der Waals surface area contributed by atoms with Gasteiger partial charge < -0.3 is 21.5 Å². The molecular weight excluding hydrogens is 521 g/mol. The summed E-state index contributed by atoms with van der Waals surface area (Å²) in [5.74, 6) is -0.833. The van der Waals surface area contributed by atoms with Crippen molar-refractivity contribution in [1.82, 2.24) is 5.32 Å². The average Bonchev–Trinajstić information content (AvgIpc) is 3.27. The highest BCUT2D eigenvalue weighted by atomic mass is 35.5. The van der Waals surface area contributed by atoms with E-state index in [0.29, 0.717) is 19.4 Å². The normalized spacial score (nSPS) is 13.2. The van der Waals surface area contributed by atoms with Gasteiger partial charge in [0.1, 0.15) is 6.04 Å². The van der Waals surface area contributed by atoms with E-state index < -0.39 is 18.1 Å². The van der Waals surface area contributed by atoms with Crippen molar-refractivity contribution in [2.45, 2.75) is 37.8 Å². The largest absolute Gasteiger partial charge is 0.467 e. The molecule has 0 saturated carbocycles. The fraction of sp³-hybridized carbons (Fsp3) is 0.267. The fourth-order valence-electron chi connectivity index (χ4n) is 5.89. The van der Waals surface area contributed by atoms with Crippen LogP contribution < -0.4 is 16.8 Å². The van der Waals surface area contributed by atoms with E-state index in [2.05, 4.69) is 59.9 Å². The van der Waals surface area contributed by atoms with Crippen LogP contribution in [0.25, 0.3) is 53.9 Å². The van der Waals surface area contributed by atoms with Crippen LogP contribution in [0.15, 0.2) is 54.6 Å². The van der Waals surface area contributed by atoms with Gasteiger partial charge in [-0.2, -0.15) is 0 Å². The second-order valence-corrected chi connectivity index (χ2v) is 9.79. The van der Waals surface area contributed by atoms with Gasteiger partial charge in [-0.3, -0.25) is 4.79 Å². The van der Waals surface area contributed by atoms with E-state index in [0.717, 1.165) is 29.2 Å². The third-order valence-corrected chi connectivity index (χ3v) is 7.64. The Bertz CT molecular complexity index is 1680. The summed E-state index contributed by atoms with van der Waals surface area (Å²) in [6.07, 6.45) is 2.41. The van der Waals surface area contributed by atoms with E-state index in [1.807, 2.05) is 0 Å². The minimum absolute atomic E-state index is 0. The number of rotatable bonds is 9. The van der Waals surface area contributed by atoms with E-state index in [-0.39, 0.29) is 30.7 Å². The maximum Gasteiger partial charge on any atom is 0.328 e. The molecule has 1 amide bonds. The van der Waals surface area contributed by atoms with Crippen molar-refractivity contribution < 1.29 is 14.3 Å². The number of benzene rings is 5. The number of unbranched alkanes of at least 4 members (excludes halogenated alkanes) is 1. The SMILES string of the molecule is COC(=O)[C@H](Cc1cc2ccc3ccc4ccc5ccc1c1c5c4c3c21)NC(=O)[C@H](N)CCCCN.Cl.Cl. The van der Waals surface area contributed by atoms with Crippen LogP contribution in [0.2, 0.25) is 0 Å². The molecule has 6 aromatic rings. The van der Waals surface area contributed by atoms with Crippen LogP contribution >= 0.6 is 24.8 Å². The number of carbonyl (C=O) groups is 2. The molecule has 0 heterocycles. The summed E-state index contributed by atoms with van der Waals surface area (Å²) in [4.78, 5) is 25.6. The topological polar surface area (TPSA) is 107 Å². The van der Waals surface area contributed by atoms with Gasteiger partial charge in [-0.15, -0.1) is 24.8 Å². The number of methoxy groups -OCH3 is 1. The Kier molecular flexibility index (Phi) is 8.00. The monoisotopic (exact) mass is 551 g/mol. The Hall–Kier alpha value is -3.16. The molecule has 6 rings (SSSR count). The molecule has 38 heavy (non-hydrogen) atoms. The van der Waals surface area contributed by atoms with Crippen LogP contribution in [0.1, 0.15) is 24.8 Å². The minimum atomic E-state index is -0.831. The number of esters is 1. The summed E-state index contributed by atoms with van der Waals surface area (Å²) >= 11 is 0. The number of hydrogen-bond acceptors (Lipinski definition) is 5. The Morgan fingerprint density at radius 3 is 1.92 bits per heavy atom. The number of halogens is 2. The molecule has 0 spiro atoms. The average molecular weight is 553 g/mol. The third kappa shape index (κ3) is 4.31. The maximum absolute atomic E-state index is 12.8. The van der Waals surface area contributed by atoms with E-state index in [1.54, 1.807) is 0 Å². The van der Waals surface area contributed by atoms with Crippen LogP contribution in [0.4, 0.5) is 0 Å². The van der Waals surface area contributed by atoms with Crippen molar-refractivity contribution in [3.63, 3.8) is 0 Å². The summed E-state index contributed by atoms with van der Waals surface area (Å²) < 4.78 is 5.06. The molecule has 0 aromatic heterocycles. The number of amides is 1. The van der Waals surface area contributed by atoms with Gasteiger partial charge in [-0.1, -0.05) is 61.0 Å². The van der Waals surface area contributed by atoms with Crippen molar-refractivity contribution in [2.24, 2.45) is 11.5 Å². The molecule has 6 nitrogen and oxygen atoms in total. The first-order chi connectivity index (χ1) is 17.5. The maximum atomic E-state index is 12.8. The van der Waals surface area contributed by atoms with Crippen LogP contribution in [-0.2, 0) is 20.7 Å². The van der Waals surface area contributed by atoms with Crippen LogP contribution in [0, 0.1) is 0 Å². The first-order valence-corrected chi connectivity index (χ1v) is 12.5. The van der Waals surface area contributed by atoms with Crippen LogP contribution in [-0.4, -0.2) is 37.6 Å². The first-order valence-electron chi connectivity index (χ1n) is 12.5. The van der Waals surface area contributed by atoms with Crippen molar-refractivity contribution in [3.8, 4) is 0 Å². The Morgan fingerprint density at radius 1 is 0.816 bits per heavy atom. The summed E-state index contributed by atoms with van der Waals surface area (Å²) in [6.45, 7) is 0.561. The molecule has 0 radical (unpaired) electrons. The van der Waals surface area contributed by atoms with E-state index in [4.69, 9.17) is 16.2 Å². The number of hydrogen-bond donors (Lipinski definition) is 3. The summed E-state index contributed by atoms with van der Waals surface area (Å²) in [5, 5.41) is 15.1. The van der Waals surface area contributed by atoms with Gasteiger partial charge in [0, 0.05) is 6.42 Å². The highest BCUT2D eigenvalue weighted by Crippen LogP contribution is 2.48. The van der Waals surface area contributed by atoms with E-state index in [1.165, 1.54) is 50.2 Å². The van der Waals surface area contributed by atoms with Crippen molar-refractivity contribution in [3.05, 3.63) is 60.2 Å². The third-order valence-electron chi connectivity index (χ3n) is 7.64. The molecule has 0 aliphatic rings. The lowest BCUT2D eigenvalue weighted by Crippen LogP contribution is -2.49. The number of ether oxygens (including phenoxy) is 1. The minimum Gasteiger partial charge on any atom is -0.467 e. The van der Waals surface area contributed by atoms with Gasteiger partial charge in [0.15, 0.2) is 0 Å². The fourth-order valence-corrected chi connectivity index (χ4v) is 5.89. The molecule has 2 atom stereocenters. The Labute approximate surface area is 232 Å². The van der Waals surface area contributed by atoms with Crippen LogP contribution in [0.5, 0.6) is 0 Å². The molecule has 198 valence electrons. The van der Waals surface area contributed by atoms with Gasteiger partial charge in [0.2, 0.25) is 5.91 Å². The molecule has 0 aliphatic carbocycles. The zero-order chi connectivity index (χ0) is 25.0. The lowest BCUT2D eigenvalue weighted by atomic mass is 9.92. The van der Waals surface area contributed by atoms with Gasteiger partial charge >= 0.3 is 5.97 Å². The number of carbonyl (C=O) groups excluding carboxylic acids is 2. The molecule has 0 unspecified atom stereocenters. The Morgan fingerprint density at radius 2 is 1.34 bits per heavy atom. The van der Waals surface area contributed by atoms with Crippen molar-refractivity contribution in [2.75, 3.05) is 13.7 Å². The van der Waals surface area contributed by atoms with E-state index >= 15 is 0 Å². The molecule has 5 N–H and O–H groups in total. The Balaban J connectivity index is 0.00000168. The highest BCUT2D eigenvalue weighted by molar-refractivity contribution is 6.44. The second-order valence-electron chi connectivity index (χ2n) is 9.79. The highest BCUT2D eigenvalue weighted by Gasteiger charge is 2.27. The second kappa shape index (κ2) is 10.9. The van der Waals surface area contributed by atoms with Crippen LogP contribution in [0.3, 0.4) is 0 Å². The molecule has 0 fully saturated rings. The summed E-state index contributed by atoms with van der Waals surface area (Å²) in [5.41, 5.74) is 12.6. The predicted octanol–water partition coefficient (Wildman–Crippen LogP) is 5.27. The van der Waals surface area contributed by atoms with Gasteiger partial charge in [-0.25, -0.2) is 4.79 Å². The molecule has 6 aromatic carbocycles. The van der Waals surface area contributed by atoms with E-state index in [9.17, 15) is 9.59 Å². The predicted molar refractivity (Wildman–Crippen MR) is 161 cm³/mol. The smallest absolute Gasteiger partial charge is 0.328 e. The zero-order valence-corrected chi connectivity index (χ0v) is 22.7. The quantitative estimate of drug-likeness (QED) is 0.129. The number of nitrogens with two attached hydrogens (primary N) is 2. The molecule has 8 heteroatoms. The summed E-state index contributed by atoms with van der Waals surface area (Å²) in [7, 11) is 1.34. The first kappa shape index (κ1) is 27.9. The van der Waals surface area contributed by atoms with Crippen molar-refractivity contribution >= 4 is 90.6 Å². The van der Waals surface area contributed by atoms with Gasteiger partial charge in [0.05, 0.1) is 13.2 Å². The zero-order valence-electron chi connectivity index (χ0n) is 21.1. The van der Waals surface area contributed by atoms with Gasteiger partial charge in [0.25, 0.3) is 0 Å². The van der Waals surface area contributed by atoms with Gasteiger partial charge in [-0.05, 0) is 78.8 Å². The summed E-state index contributed by atoms with van der Waals surface area (Å²) in [6, 6.07) is 18.0. The molecular formula is C30H31Cl2N3O3. The number of nitrogens with one attached hydrogen (secondary N) is 1. The molecule has 0 saturated heterocycles. The lowest BCUT2D eigenvalue weighted by molar-refractivity contribution is -0.145. The van der Waals surface area contributed by atoms with Crippen molar-refractivity contribution in [1.29, 1.82) is 0 Å². The molecule has 0 aliphatic heterocycles. The molecule has 0 bridgehead atoms.